The third-order valence-electron chi connectivity index (χ3n) is 3.59. The fraction of sp³-hybridized carbons (Fsp3) is 0.750. The second-order valence-electron chi connectivity index (χ2n) is 4.93. The molecule has 1 aromatic rings. The Morgan fingerprint density at radius 2 is 2.19 bits per heavy atom. The average Bonchev–Trinajstić information content (AvgIpc) is 2.62. The number of rotatable bonds is 5. The van der Waals surface area contributed by atoms with Crippen molar-refractivity contribution in [2.24, 2.45) is 11.7 Å². The summed E-state index contributed by atoms with van der Waals surface area (Å²) in [6.45, 7) is 10.2. The van der Waals surface area contributed by atoms with Crippen molar-refractivity contribution >= 4 is 11.3 Å². The van der Waals surface area contributed by atoms with Gasteiger partial charge in [0.05, 0.1) is 10.7 Å². The molecule has 0 saturated carbocycles. The minimum absolute atomic E-state index is 0.0392. The smallest absolute Gasteiger partial charge is 0.0897 e. The van der Waals surface area contributed by atoms with Gasteiger partial charge in [0.1, 0.15) is 0 Å². The van der Waals surface area contributed by atoms with Gasteiger partial charge < -0.3 is 5.73 Å². The maximum Gasteiger partial charge on any atom is 0.0897 e. The van der Waals surface area contributed by atoms with Crippen molar-refractivity contribution in [2.45, 2.75) is 39.8 Å². The highest BCUT2D eigenvalue weighted by atomic mass is 32.1. The Balaban J connectivity index is 2.73. The number of aromatic nitrogens is 1. The molecular formula is C12H23N3S. The number of thiazole rings is 1. The van der Waals surface area contributed by atoms with E-state index < -0.39 is 0 Å². The van der Waals surface area contributed by atoms with Gasteiger partial charge in [0, 0.05) is 24.0 Å². The van der Waals surface area contributed by atoms with E-state index in [1.54, 1.807) is 11.3 Å². The van der Waals surface area contributed by atoms with Gasteiger partial charge in [-0.3, -0.25) is 4.90 Å². The molecule has 1 heterocycles. The third-order valence-corrected chi connectivity index (χ3v) is 4.42. The first-order valence-corrected chi connectivity index (χ1v) is 6.60. The average molecular weight is 241 g/mol. The Morgan fingerprint density at radius 1 is 1.56 bits per heavy atom. The number of likely N-dealkylation sites (N-methyl/N-ethyl adjacent to an activating group) is 1. The number of aryl methyl sites for hydroxylation is 1. The van der Waals surface area contributed by atoms with Crippen molar-refractivity contribution in [3.8, 4) is 0 Å². The van der Waals surface area contributed by atoms with E-state index in [2.05, 4.69) is 43.1 Å². The van der Waals surface area contributed by atoms with Crippen LogP contribution in [0.25, 0.3) is 0 Å². The molecule has 92 valence electrons. The zero-order chi connectivity index (χ0) is 12.3. The molecule has 0 radical (unpaired) electrons. The van der Waals surface area contributed by atoms with Crippen molar-refractivity contribution in [2.75, 3.05) is 13.6 Å². The van der Waals surface area contributed by atoms with Gasteiger partial charge in [-0.1, -0.05) is 13.8 Å². The summed E-state index contributed by atoms with van der Waals surface area (Å²) in [5.41, 5.74) is 7.09. The lowest BCUT2D eigenvalue weighted by molar-refractivity contribution is 0.0867. The van der Waals surface area contributed by atoms with Crippen LogP contribution in [0.2, 0.25) is 0 Å². The van der Waals surface area contributed by atoms with E-state index in [-0.39, 0.29) is 5.54 Å². The van der Waals surface area contributed by atoms with Crippen LogP contribution in [-0.4, -0.2) is 29.0 Å². The molecule has 16 heavy (non-hydrogen) atoms. The molecule has 0 aliphatic rings. The van der Waals surface area contributed by atoms with Gasteiger partial charge in [0.25, 0.3) is 0 Å². The molecule has 1 atom stereocenters. The molecule has 0 saturated heterocycles. The largest absolute Gasteiger partial charge is 0.329 e. The molecule has 3 nitrogen and oxygen atoms in total. The highest BCUT2D eigenvalue weighted by molar-refractivity contribution is 7.09. The van der Waals surface area contributed by atoms with E-state index in [1.165, 1.54) is 0 Å². The van der Waals surface area contributed by atoms with Crippen LogP contribution in [0.4, 0.5) is 0 Å². The van der Waals surface area contributed by atoms with Crippen molar-refractivity contribution in [1.82, 2.24) is 9.88 Å². The van der Waals surface area contributed by atoms with Crippen LogP contribution >= 0.6 is 11.3 Å². The molecule has 0 bridgehead atoms. The molecule has 1 unspecified atom stereocenters. The summed E-state index contributed by atoms with van der Waals surface area (Å²) in [5, 5.41) is 3.26. The second kappa shape index (κ2) is 5.25. The molecule has 0 aliphatic heterocycles. The highest BCUT2D eigenvalue weighted by Gasteiger charge is 2.31. The number of nitrogens with zero attached hydrogens (tertiary/aromatic N) is 2. The minimum Gasteiger partial charge on any atom is -0.329 e. The first-order valence-electron chi connectivity index (χ1n) is 5.72. The molecule has 0 spiro atoms. The summed E-state index contributed by atoms with van der Waals surface area (Å²) in [5.74, 6) is 0.530. The molecule has 0 fully saturated rings. The van der Waals surface area contributed by atoms with Crippen molar-refractivity contribution < 1.29 is 0 Å². The Labute approximate surface area is 103 Å². The van der Waals surface area contributed by atoms with Crippen LogP contribution in [0.1, 0.15) is 31.5 Å². The summed E-state index contributed by atoms with van der Waals surface area (Å²) in [7, 11) is 2.13. The molecule has 4 heteroatoms. The van der Waals surface area contributed by atoms with Gasteiger partial charge in [0.2, 0.25) is 0 Å². The molecule has 1 rings (SSSR count). The van der Waals surface area contributed by atoms with Crippen LogP contribution in [0.3, 0.4) is 0 Å². The lowest BCUT2D eigenvalue weighted by Gasteiger charge is -2.41. The molecule has 0 aliphatic carbocycles. The summed E-state index contributed by atoms with van der Waals surface area (Å²) in [4.78, 5) is 6.81. The SMILES string of the molecule is Cc1nc(CN(C)C(C)(CN)C(C)C)cs1. The normalized spacial score (nSPS) is 15.8. The first-order chi connectivity index (χ1) is 7.40. The third kappa shape index (κ3) is 2.81. The van der Waals surface area contributed by atoms with Gasteiger partial charge in [-0.25, -0.2) is 4.98 Å². The monoisotopic (exact) mass is 241 g/mol. The summed E-state index contributed by atoms with van der Waals surface area (Å²) < 4.78 is 0. The maximum atomic E-state index is 5.91. The first kappa shape index (κ1) is 13.6. The number of hydrogen-bond donors (Lipinski definition) is 1. The van der Waals surface area contributed by atoms with E-state index >= 15 is 0 Å². The van der Waals surface area contributed by atoms with Gasteiger partial charge in [0.15, 0.2) is 0 Å². The van der Waals surface area contributed by atoms with E-state index in [0.717, 1.165) is 17.2 Å². The fourth-order valence-electron chi connectivity index (χ4n) is 1.74. The fourth-order valence-corrected chi connectivity index (χ4v) is 2.34. The molecule has 0 amide bonds. The van der Waals surface area contributed by atoms with Crippen molar-refractivity contribution in [3.05, 3.63) is 16.1 Å². The number of nitrogens with two attached hydrogens (primary N) is 1. The molecule has 1 aromatic heterocycles. The maximum absolute atomic E-state index is 5.91. The Bertz CT molecular complexity index is 335. The lowest BCUT2D eigenvalue weighted by atomic mass is 9.87. The van der Waals surface area contributed by atoms with Crippen LogP contribution in [0.5, 0.6) is 0 Å². The van der Waals surface area contributed by atoms with Crippen LogP contribution in [0.15, 0.2) is 5.38 Å². The highest BCUT2D eigenvalue weighted by Crippen LogP contribution is 2.24. The summed E-state index contributed by atoms with van der Waals surface area (Å²) >= 11 is 1.70. The van der Waals surface area contributed by atoms with Gasteiger partial charge in [-0.2, -0.15) is 0 Å². The van der Waals surface area contributed by atoms with E-state index in [1.807, 2.05) is 6.92 Å². The van der Waals surface area contributed by atoms with Gasteiger partial charge in [-0.15, -0.1) is 11.3 Å². The van der Waals surface area contributed by atoms with E-state index in [0.29, 0.717) is 12.5 Å². The minimum atomic E-state index is 0.0392. The molecular weight excluding hydrogens is 218 g/mol. The van der Waals surface area contributed by atoms with Gasteiger partial charge >= 0.3 is 0 Å². The van der Waals surface area contributed by atoms with Crippen LogP contribution in [0, 0.1) is 12.8 Å². The van der Waals surface area contributed by atoms with Crippen molar-refractivity contribution in [3.63, 3.8) is 0 Å². The zero-order valence-corrected chi connectivity index (χ0v) is 11.8. The summed E-state index contributed by atoms with van der Waals surface area (Å²) in [6.07, 6.45) is 0. The van der Waals surface area contributed by atoms with Crippen LogP contribution < -0.4 is 5.73 Å². The molecule has 2 N–H and O–H groups in total. The molecule has 0 aromatic carbocycles. The van der Waals surface area contributed by atoms with Crippen molar-refractivity contribution in [1.29, 1.82) is 0 Å². The Kier molecular flexibility index (Phi) is 4.47. The van der Waals surface area contributed by atoms with E-state index in [4.69, 9.17) is 5.73 Å². The number of hydrogen-bond acceptors (Lipinski definition) is 4. The Hall–Kier alpha value is -0.450. The summed E-state index contributed by atoms with van der Waals surface area (Å²) in [6, 6.07) is 0. The second-order valence-corrected chi connectivity index (χ2v) is 5.99. The predicted molar refractivity (Wildman–Crippen MR) is 70.6 cm³/mol. The van der Waals surface area contributed by atoms with E-state index in [9.17, 15) is 0 Å². The zero-order valence-electron chi connectivity index (χ0n) is 10.9. The van der Waals surface area contributed by atoms with Gasteiger partial charge in [-0.05, 0) is 26.8 Å². The standard InChI is InChI=1S/C12H23N3S/c1-9(2)12(4,8-13)15(5)6-11-7-16-10(3)14-11/h7,9H,6,8,13H2,1-5H3. The van der Waals surface area contributed by atoms with Crippen LogP contribution in [-0.2, 0) is 6.54 Å². The lowest BCUT2D eigenvalue weighted by Crippen LogP contribution is -2.53. The Morgan fingerprint density at radius 3 is 2.56 bits per heavy atom. The topological polar surface area (TPSA) is 42.2 Å². The quantitative estimate of drug-likeness (QED) is 0.860. The predicted octanol–water partition coefficient (Wildman–Crippen LogP) is 2.26.